The Kier molecular flexibility index (Phi) is 1.68. The SMILES string of the molecule is N[C@H]1C(=O)OC[C@H]1CO. The molecule has 1 aliphatic heterocycles. The molecule has 0 bridgehead atoms. The summed E-state index contributed by atoms with van der Waals surface area (Å²) >= 11 is 0. The van der Waals surface area contributed by atoms with Crippen LogP contribution in [0.3, 0.4) is 0 Å². The van der Waals surface area contributed by atoms with E-state index in [9.17, 15) is 4.79 Å². The first kappa shape index (κ1) is 6.51. The van der Waals surface area contributed by atoms with E-state index in [4.69, 9.17) is 10.8 Å². The molecule has 4 heteroatoms. The Morgan fingerprint density at radius 1 is 1.89 bits per heavy atom. The normalized spacial score (nSPS) is 34.7. The second-order valence-corrected chi connectivity index (χ2v) is 2.10. The summed E-state index contributed by atoms with van der Waals surface area (Å²) in [5.74, 6) is -0.605. The predicted molar refractivity (Wildman–Crippen MR) is 29.5 cm³/mol. The summed E-state index contributed by atoms with van der Waals surface area (Å²) in [5, 5.41) is 8.54. The van der Waals surface area contributed by atoms with Crippen molar-refractivity contribution in [3.63, 3.8) is 0 Å². The highest BCUT2D eigenvalue weighted by atomic mass is 16.5. The monoisotopic (exact) mass is 131 g/mol. The third-order valence-electron chi connectivity index (χ3n) is 1.45. The molecule has 1 aliphatic rings. The van der Waals surface area contributed by atoms with Crippen LogP contribution in [-0.4, -0.2) is 30.3 Å². The van der Waals surface area contributed by atoms with E-state index in [1.54, 1.807) is 0 Å². The Labute approximate surface area is 52.6 Å². The van der Waals surface area contributed by atoms with E-state index in [0.717, 1.165) is 0 Å². The maximum atomic E-state index is 10.5. The first-order valence-electron chi connectivity index (χ1n) is 2.78. The van der Waals surface area contributed by atoms with Gasteiger partial charge in [-0.05, 0) is 0 Å². The minimum Gasteiger partial charge on any atom is -0.464 e. The molecule has 4 nitrogen and oxygen atoms in total. The minimum atomic E-state index is -0.616. The van der Waals surface area contributed by atoms with Gasteiger partial charge in [0, 0.05) is 5.92 Å². The van der Waals surface area contributed by atoms with Crippen LogP contribution >= 0.6 is 0 Å². The topological polar surface area (TPSA) is 72.6 Å². The van der Waals surface area contributed by atoms with E-state index in [2.05, 4.69) is 4.74 Å². The van der Waals surface area contributed by atoms with E-state index in [-0.39, 0.29) is 19.1 Å². The van der Waals surface area contributed by atoms with E-state index in [0.29, 0.717) is 0 Å². The summed E-state index contributed by atoms with van der Waals surface area (Å²) in [6, 6.07) is -0.616. The molecule has 0 radical (unpaired) electrons. The van der Waals surface area contributed by atoms with Crippen LogP contribution in [0.1, 0.15) is 0 Å². The Hall–Kier alpha value is -0.610. The first-order chi connectivity index (χ1) is 4.25. The average molecular weight is 131 g/mol. The van der Waals surface area contributed by atoms with Crippen molar-refractivity contribution >= 4 is 5.97 Å². The van der Waals surface area contributed by atoms with Gasteiger partial charge >= 0.3 is 5.97 Å². The predicted octanol–water partition coefficient (Wildman–Crippen LogP) is -1.52. The van der Waals surface area contributed by atoms with Crippen molar-refractivity contribution in [2.24, 2.45) is 11.7 Å². The molecule has 1 saturated heterocycles. The highest BCUT2D eigenvalue weighted by Crippen LogP contribution is 2.11. The fourth-order valence-electron chi connectivity index (χ4n) is 0.748. The molecule has 1 fully saturated rings. The summed E-state index contributed by atoms with van der Waals surface area (Å²) < 4.78 is 4.54. The largest absolute Gasteiger partial charge is 0.464 e. The highest BCUT2D eigenvalue weighted by Gasteiger charge is 2.32. The van der Waals surface area contributed by atoms with Gasteiger partial charge in [-0.2, -0.15) is 0 Å². The number of hydrogen-bond acceptors (Lipinski definition) is 4. The molecule has 52 valence electrons. The second-order valence-electron chi connectivity index (χ2n) is 2.10. The number of rotatable bonds is 1. The van der Waals surface area contributed by atoms with Crippen molar-refractivity contribution in [3.8, 4) is 0 Å². The molecular weight excluding hydrogens is 122 g/mol. The van der Waals surface area contributed by atoms with Gasteiger partial charge in [0.1, 0.15) is 6.04 Å². The molecule has 3 N–H and O–H groups in total. The van der Waals surface area contributed by atoms with Crippen LogP contribution in [-0.2, 0) is 9.53 Å². The molecule has 0 unspecified atom stereocenters. The number of esters is 1. The van der Waals surface area contributed by atoms with Crippen molar-refractivity contribution in [1.29, 1.82) is 0 Å². The standard InChI is InChI=1S/C5H9NO3/c6-4-3(1-7)2-9-5(4)8/h3-4,7H,1-2,6H2/t3-,4-/m1/s1. The lowest BCUT2D eigenvalue weighted by molar-refractivity contribution is -0.139. The van der Waals surface area contributed by atoms with E-state index < -0.39 is 12.0 Å². The fraction of sp³-hybridized carbons (Fsp3) is 0.800. The molecule has 0 amide bonds. The lowest BCUT2D eigenvalue weighted by atomic mass is 10.1. The number of nitrogens with two attached hydrogens (primary N) is 1. The van der Waals surface area contributed by atoms with Crippen LogP contribution in [0.2, 0.25) is 0 Å². The average Bonchev–Trinajstić information content (AvgIpc) is 2.15. The molecule has 9 heavy (non-hydrogen) atoms. The molecule has 1 heterocycles. The van der Waals surface area contributed by atoms with Gasteiger partial charge in [-0.1, -0.05) is 0 Å². The summed E-state index contributed by atoms with van der Waals surface area (Å²) in [6.45, 7) is 0.184. The quantitative estimate of drug-likeness (QED) is 0.424. The van der Waals surface area contributed by atoms with Gasteiger partial charge in [-0.25, -0.2) is 0 Å². The fourth-order valence-corrected chi connectivity index (χ4v) is 0.748. The van der Waals surface area contributed by atoms with Crippen LogP contribution in [0.25, 0.3) is 0 Å². The van der Waals surface area contributed by atoms with Crippen molar-refractivity contribution in [3.05, 3.63) is 0 Å². The van der Waals surface area contributed by atoms with Crippen molar-refractivity contribution in [1.82, 2.24) is 0 Å². The molecule has 0 aromatic rings. The summed E-state index contributed by atoms with van der Waals surface area (Å²) in [4.78, 5) is 10.5. The van der Waals surface area contributed by atoms with E-state index >= 15 is 0 Å². The van der Waals surface area contributed by atoms with Gasteiger partial charge in [-0.15, -0.1) is 0 Å². The van der Waals surface area contributed by atoms with Gasteiger partial charge in [0.2, 0.25) is 0 Å². The third-order valence-corrected chi connectivity index (χ3v) is 1.45. The van der Waals surface area contributed by atoms with Crippen molar-refractivity contribution in [2.45, 2.75) is 6.04 Å². The second kappa shape index (κ2) is 2.33. The van der Waals surface area contributed by atoms with Gasteiger partial charge in [0.25, 0.3) is 0 Å². The number of carbonyl (C=O) groups excluding carboxylic acids is 1. The Morgan fingerprint density at radius 3 is 2.78 bits per heavy atom. The summed E-state index contributed by atoms with van der Waals surface area (Å²) in [6.07, 6.45) is 0. The lowest BCUT2D eigenvalue weighted by Crippen LogP contribution is -2.33. The summed E-state index contributed by atoms with van der Waals surface area (Å²) in [7, 11) is 0. The Bertz CT molecular complexity index is 125. The molecule has 0 saturated carbocycles. The molecule has 0 spiro atoms. The molecule has 0 aromatic heterocycles. The maximum Gasteiger partial charge on any atom is 0.323 e. The minimum absolute atomic E-state index is 0.0765. The molecule has 0 aromatic carbocycles. The van der Waals surface area contributed by atoms with Gasteiger partial charge < -0.3 is 15.6 Å². The highest BCUT2D eigenvalue weighted by molar-refractivity contribution is 5.77. The number of carbonyl (C=O) groups is 1. The first-order valence-corrected chi connectivity index (χ1v) is 2.78. The van der Waals surface area contributed by atoms with Gasteiger partial charge in [0.05, 0.1) is 13.2 Å². The zero-order valence-electron chi connectivity index (χ0n) is 4.91. The van der Waals surface area contributed by atoms with Crippen molar-refractivity contribution in [2.75, 3.05) is 13.2 Å². The van der Waals surface area contributed by atoms with Gasteiger partial charge in [-0.3, -0.25) is 4.79 Å². The van der Waals surface area contributed by atoms with Crippen LogP contribution < -0.4 is 5.73 Å². The molecule has 2 atom stereocenters. The van der Waals surface area contributed by atoms with Crippen LogP contribution in [0.4, 0.5) is 0 Å². The van der Waals surface area contributed by atoms with Crippen LogP contribution in [0.15, 0.2) is 0 Å². The lowest BCUT2D eigenvalue weighted by Gasteiger charge is -2.03. The molecular formula is C5H9NO3. The number of cyclic esters (lactones) is 1. The van der Waals surface area contributed by atoms with E-state index in [1.165, 1.54) is 0 Å². The van der Waals surface area contributed by atoms with Crippen molar-refractivity contribution < 1.29 is 14.6 Å². The number of aliphatic hydroxyl groups excluding tert-OH is 1. The van der Waals surface area contributed by atoms with Crippen LogP contribution in [0.5, 0.6) is 0 Å². The van der Waals surface area contributed by atoms with Crippen LogP contribution in [0, 0.1) is 5.92 Å². The Balaban J connectivity index is 2.51. The molecule has 1 rings (SSSR count). The third kappa shape index (κ3) is 1.04. The van der Waals surface area contributed by atoms with Gasteiger partial charge in [0.15, 0.2) is 0 Å². The maximum absolute atomic E-state index is 10.5. The Morgan fingerprint density at radius 2 is 2.56 bits per heavy atom. The number of hydrogen-bond donors (Lipinski definition) is 2. The zero-order valence-corrected chi connectivity index (χ0v) is 4.91. The van der Waals surface area contributed by atoms with E-state index in [1.807, 2.05) is 0 Å². The summed E-state index contributed by atoms with van der Waals surface area (Å²) in [5.41, 5.74) is 5.30. The molecule has 0 aliphatic carbocycles. The zero-order chi connectivity index (χ0) is 6.85. The number of ether oxygens (including phenoxy) is 1. The smallest absolute Gasteiger partial charge is 0.323 e. The number of aliphatic hydroxyl groups is 1.